The van der Waals surface area contributed by atoms with E-state index in [4.69, 9.17) is 0 Å². The number of aromatic nitrogens is 4. The average Bonchev–Trinajstić information content (AvgIpc) is 3.29. The Labute approximate surface area is 195 Å². The van der Waals surface area contributed by atoms with Crippen LogP contribution in [0.4, 0.5) is 23.2 Å². The lowest BCUT2D eigenvalue weighted by atomic mass is 9.98. The summed E-state index contributed by atoms with van der Waals surface area (Å²) >= 11 is 0. The van der Waals surface area contributed by atoms with Crippen molar-refractivity contribution in [1.82, 2.24) is 19.4 Å². The number of halogens is 4. The van der Waals surface area contributed by atoms with E-state index in [1.54, 1.807) is 47.4 Å². The topological polar surface area (TPSA) is 72.2 Å². The minimum Gasteiger partial charge on any atom is -0.322 e. The number of anilines is 1. The molecule has 174 valence electrons. The number of carbonyl (C=O) groups excluding carboxylic acids is 1. The van der Waals surface area contributed by atoms with Crippen molar-refractivity contribution in [3.05, 3.63) is 102 Å². The van der Waals surface area contributed by atoms with E-state index in [2.05, 4.69) is 20.3 Å². The zero-order valence-corrected chi connectivity index (χ0v) is 17.8. The SMILES string of the molecule is O=C(Nc1ccc(F)cc1)c1cc(-c2cccn3c(-c4ncccn4)ncc23)ccc1C(F)(F)F. The van der Waals surface area contributed by atoms with Crippen LogP contribution in [0.5, 0.6) is 0 Å². The monoisotopic (exact) mass is 477 g/mol. The summed E-state index contributed by atoms with van der Waals surface area (Å²) in [6.45, 7) is 0. The maximum atomic E-state index is 13.7. The van der Waals surface area contributed by atoms with Crippen molar-refractivity contribution >= 4 is 17.1 Å². The molecule has 0 aliphatic rings. The smallest absolute Gasteiger partial charge is 0.322 e. The second kappa shape index (κ2) is 8.64. The number of alkyl halides is 3. The van der Waals surface area contributed by atoms with Crippen LogP contribution in [0, 0.1) is 5.82 Å². The predicted molar refractivity (Wildman–Crippen MR) is 121 cm³/mol. The van der Waals surface area contributed by atoms with Crippen LogP contribution < -0.4 is 5.32 Å². The largest absolute Gasteiger partial charge is 0.417 e. The van der Waals surface area contributed by atoms with Gasteiger partial charge >= 0.3 is 6.18 Å². The zero-order chi connectivity index (χ0) is 24.6. The third-order valence-electron chi connectivity index (χ3n) is 5.32. The van der Waals surface area contributed by atoms with Gasteiger partial charge in [0, 0.05) is 29.8 Å². The summed E-state index contributed by atoms with van der Waals surface area (Å²) < 4.78 is 56.1. The molecule has 0 unspecified atom stereocenters. The molecule has 0 saturated carbocycles. The fourth-order valence-electron chi connectivity index (χ4n) is 3.72. The maximum Gasteiger partial charge on any atom is 0.417 e. The Morgan fingerprint density at radius 1 is 0.914 bits per heavy atom. The molecular formula is C25H15F4N5O. The minimum absolute atomic E-state index is 0.167. The molecule has 1 N–H and O–H groups in total. The first-order valence-corrected chi connectivity index (χ1v) is 10.3. The van der Waals surface area contributed by atoms with Crippen LogP contribution in [0.15, 0.2) is 85.5 Å². The number of amides is 1. The average molecular weight is 477 g/mol. The molecule has 10 heteroatoms. The summed E-state index contributed by atoms with van der Waals surface area (Å²) in [5.41, 5.74) is 0.0621. The second-order valence-corrected chi connectivity index (χ2v) is 7.55. The summed E-state index contributed by atoms with van der Waals surface area (Å²) in [6, 6.07) is 13.2. The maximum absolute atomic E-state index is 13.7. The molecule has 5 rings (SSSR count). The summed E-state index contributed by atoms with van der Waals surface area (Å²) in [4.78, 5) is 25.6. The highest BCUT2D eigenvalue weighted by atomic mass is 19.4. The van der Waals surface area contributed by atoms with E-state index >= 15 is 0 Å². The van der Waals surface area contributed by atoms with Crippen LogP contribution in [-0.4, -0.2) is 25.3 Å². The summed E-state index contributed by atoms with van der Waals surface area (Å²) in [7, 11) is 0. The molecule has 35 heavy (non-hydrogen) atoms. The Kier molecular flexibility index (Phi) is 5.48. The highest BCUT2D eigenvalue weighted by Gasteiger charge is 2.35. The number of fused-ring (bicyclic) bond motifs is 1. The van der Waals surface area contributed by atoms with Gasteiger partial charge in [0.15, 0.2) is 11.6 Å². The minimum atomic E-state index is -4.76. The molecule has 3 heterocycles. The molecule has 0 aliphatic carbocycles. The van der Waals surface area contributed by atoms with Crippen molar-refractivity contribution in [2.45, 2.75) is 6.18 Å². The Morgan fingerprint density at radius 3 is 2.37 bits per heavy atom. The van der Waals surface area contributed by atoms with Gasteiger partial charge in [-0.3, -0.25) is 9.20 Å². The highest BCUT2D eigenvalue weighted by Crippen LogP contribution is 2.36. The van der Waals surface area contributed by atoms with Gasteiger partial charge in [-0.25, -0.2) is 19.3 Å². The molecule has 0 spiro atoms. The lowest BCUT2D eigenvalue weighted by Crippen LogP contribution is -2.19. The van der Waals surface area contributed by atoms with E-state index in [0.29, 0.717) is 28.3 Å². The molecule has 3 aromatic heterocycles. The molecule has 5 aromatic rings. The van der Waals surface area contributed by atoms with E-state index < -0.39 is 29.0 Å². The Bertz CT molecular complexity index is 1530. The van der Waals surface area contributed by atoms with E-state index in [0.717, 1.165) is 18.2 Å². The standard InChI is InChI=1S/C25H15F4N5O/c26-16-5-7-17(8-6-16)33-24(35)19-13-15(4-9-20(19)25(27,28)29)18-3-1-12-34-21(18)14-32-23(34)22-30-10-2-11-31-22/h1-14H,(H,33,35). The van der Waals surface area contributed by atoms with E-state index in [-0.39, 0.29) is 5.69 Å². The van der Waals surface area contributed by atoms with Crippen LogP contribution in [0.1, 0.15) is 15.9 Å². The number of nitrogens with zero attached hydrogens (tertiary/aromatic N) is 4. The number of benzene rings is 2. The van der Waals surface area contributed by atoms with Gasteiger partial charge in [0.2, 0.25) is 0 Å². The zero-order valence-electron chi connectivity index (χ0n) is 17.8. The summed E-state index contributed by atoms with van der Waals surface area (Å²) in [6.07, 6.45) is 1.71. The molecule has 0 radical (unpaired) electrons. The van der Waals surface area contributed by atoms with E-state index in [9.17, 15) is 22.4 Å². The van der Waals surface area contributed by atoms with Crippen molar-refractivity contribution in [1.29, 1.82) is 0 Å². The molecule has 1 amide bonds. The number of hydrogen-bond acceptors (Lipinski definition) is 4. The Morgan fingerprint density at radius 2 is 1.66 bits per heavy atom. The van der Waals surface area contributed by atoms with Gasteiger partial charge < -0.3 is 5.32 Å². The number of hydrogen-bond donors (Lipinski definition) is 1. The molecule has 2 aromatic carbocycles. The van der Waals surface area contributed by atoms with Gasteiger partial charge in [0.05, 0.1) is 22.8 Å². The fraction of sp³-hybridized carbons (Fsp3) is 0.0400. The van der Waals surface area contributed by atoms with Crippen molar-refractivity contribution in [3.63, 3.8) is 0 Å². The van der Waals surface area contributed by atoms with E-state index in [1.807, 2.05) is 0 Å². The van der Waals surface area contributed by atoms with Crippen LogP contribution >= 0.6 is 0 Å². The Balaban J connectivity index is 1.60. The van der Waals surface area contributed by atoms with Gasteiger partial charge in [0.25, 0.3) is 5.91 Å². The van der Waals surface area contributed by atoms with Crippen LogP contribution in [0.3, 0.4) is 0 Å². The normalized spacial score (nSPS) is 11.5. The van der Waals surface area contributed by atoms with Crippen molar-refractivity contribution in [3.8, 4) is 22.8 Å². The van der Waals surface area contributed by atoms with Crippen molar-refractivity contribution < 1.29 is 22.4 Å². The third kappa shape index (κ3) is 4.33. The van der Waals surface area contributed by atoms with E-state index in [1.165, 1.54) is 24.3 Å². The quantitative estimate of drug-likeness (QED) is 0.329. The van der Waals surface area contributed by atoms with Crippen molar-refractivity contribution in [2.75, 3.05) is 5.32 Å². The van der Waals surface area contributed by atoms with Gasteiger partial charge in [0.1, 0.15) is 5.82 Å². The first kappa shape index (κ1) is 22.2. The molecule has 0 atom stereocenters. The van der Waals surface area contributed by atoms with Crippen LogP contribution in [-0.2, 0) is 6.18 Å². The number of rotatable bonds is 4. The van der Waals surface area contributed by atoms with Gasteiger partial charge in [-0.2, -0.15) is 13.2 Å². The molecule has 0 saturated heterocycles. The van der Waals surface area contributed by atoms with Crippen molar-refractivity contribution in [2.24, 2.45) is 0 Å². The highest BCUT2D eigenvalue weighted by molar-refractivity contribution is 6.06. The fourth-order valence-corrected chi connectivity index (χ4v) is 3.72. The third-order valence-corrected chi connectivity index (χ3v) is 5.32. The molecule has 0 fully saturated rings. The molecule has 0 bridgehead atoms. The van der Waals surface area contributed by atoms with Gasteiger partial charge in [-0.1, -0.05) is 12.1 Å². The number of nitrogens with one attached hydrogen (secondary N) is 1. The van der Waals surface area contributed by atoms with Gasteiger partial charge in [-0.15, -0.1) is 0 Å². The first-order valence-electron chi connectivity index (χ1n) is 10.3. The lowest BCUT2D eigenvalue weighted by molar-refractivity contribution is -0.137. The Hall–Kier alpha value is -4.60. The summed E-state index contributed by atoms with van der Waals surface area (Å²) in [5.74, 6) is -0.653. The number of imidazole rings is 1. The van der Waals surface area contributed by atoms with Gasteiger partial charge in [-0.05, 0) is 54.1 Å². The van der Waals surface area contributed by atoms with Crippen LogP contribution in [0.25, 0.3) is 28.3 Å². The number of carbonyl (C=O) groups is 1. The van der Waals surface area contributed by atoms with Crippen LogP contribution in [0.2, 0.25) is 0 Å². The molecule has 0 aliphatic heterocycles. The molecule has 6 nitrogen and oxygen atoms in total. The number of pyridine rings is 1. The lowest BCUT2D eigenvalue weighted by Gasteiger charge is -2.15. The first-order chi connectivity index (χ1) is 16.8. The molecular weight excluding hydrogens is 462 g/mol. The summed E-state index contributed by atoms with van der Waals surface area (Å²) in [5, 5.41) is 2.40. The predicted octanol–water partition coefficient (Wildman–Crippen LogP) is 5.87. The second-order valence-electron chi connectivity index (χ2n) is 7.55.